The minimum atomic E-state index is 0.244. The Hall–Kier alpha value is 0.270. The van der Waals surface area contributed by atoms with Gasteiger partial charge in [0.15, 0.2) is 0 Å². The van der Waals surface area contributed by atoms with Gasteiger partial charge in [0, 0.05) is 6.54 Å². The zero-order valence-electron chi connectivity index (χ0n) is 5.52. The lowest BCUT2D eigenvalue weighted by molar-refractivity contribution is 0.293. The molecule has 52 valence electrons. The van der Waals surface area contributed by atoms with Gasteiger partial charge in [-0.15, -0.1) is 0 Å². The first-order valence-corrected chi connectivity index (χ1v) is 3.57. The first-order valence-electron chi connectivity index (χ1n) is 2.68. The molecule has 0 aromatic heterocycles. The van der Waals surface area contributed by atoms with Crippen LogP contribution in [0.15, 0.2) is 0 Å². The highest BCUT2D eigenvalue weighted by Crippen LogP contribution is 1.51. The molecule has 0 unspecified atom stereocenters. The van der Waals surface area contributed by atoms with Crippen LogP contribution in [0.3, 0.4) is 0 Å². The van der Waals surface area contributed by atoms with E-state index in [0.29, 0.717) is 0 Å². The number of rotatable bonds is 3. The van der Waals surface area contributed by atoms with Gasteiger partial charge in [-0.25, -0.2) is 0 Å². The molecule has 0 saturated heterocycles. The molecule has 0 aromatic carbocycles. The second-order valence-corrected chi connectivity index (χ2v) is 1.08. The number of thiol groups is 1. The van der Waals surface area contributed by atoms with Gasteiger partial charge < -0.3 is 10.4 Å². The zero-order valence-corrected chi connectivity index (χ0v) is 6.41. The van der Waals surface area contributed by atoms with Gasteiger partial charge in [0.1, 0.15) is 0 Å². The third-order valence-corrected chi connectivity index (χ3v) is 0.539. The van der Waals surface area contributed by atoms with Crippen molar-refractivity contribution in [3.05, 3.63) is 0 Å². The lowest BCUT2D eigenvalue weighted by Crippen LogP contribution is -2.16. The predicted molar refractivity (Wildman–Crippen MR) is 40.5 cm³/mol. The van der Waals surface area contributed by atoms with Gasteiger partial charge in [0.25, 0.3) is 0 Å². The largest absolute Gasteiger partial charge is 0.395 e. The summed E-state index contributed by atoms with van der Waals surface area (Å²) in [6, 6.07) is 0. The highest BCUT2D eigenvalue weighted by molar-refractivity contribution is 7.79. The third kappa shape index (κ3) is 16.3. The van der Waals surface area contributed by atoms with Crippen molar-refractivity contribution in [3.63, 3.8) is 0 Å². The lowest BCUT2D eigenvalue weighted by Gasteiger charge is -1.91. The van der Waals surface area contributed by atoms with Gasteiger partial charge in [-0.1, -0.05) is 6.92 Å². The fourth-order valence-electron chi connectivity index (χ4n) is 0.256. The number of aliphatic hydroxyl groups is 1. The van der Waals surface area contributed by atoms with Crippen molar-refractivity contribution in [2.45, 2.75) is 6.92 Å². The Morgan fingerprint density at radius 3 is 2.12 bits per heavy atom. The monoisotopic (exact) mass is 137 g/mol. The van der Waals surface area contributed by atoms with Gasteiger partial charge in [-0.2, -0.15) is 12.6 Å². The van der Waals surface area contributed by atoms with Crippen molar-refractivity contribution in [1.82, 2.24) is 5.32 Å². The molecular formula is C5H15NOS. The first kappa shape index (κ1) is 11.1. The predicted octanol–water partition coefficient (Wildman–Crippen LogP) is 0.134. The standard InChI is InChI=1S/C4H11NO.CH4S/c1-2-5-3-4-6;1-2/h5-6H,2-4H2,1H3;2H,1H3. The molecule has 0 amide bonds. The SMILES string of the molecule is CCNCCO.CS. The third-order valence-electron chi connectivity index (χ3n) is 0.539. The lowest BCUT2D eigenvalue weighted by atomic mass is 10.6. The molecule has 8 heavy (non-hydrogen) atoms. The van der Waals surface area contributed by atoms with Crippen LogP contribution in [0.1, 0.15) is 6.92 Å². The fourth-order valence-corrected chi connectivity index (χ4v) is 0.256. The molecular weight excluding hydrogens is 122 g/mol. The summed E-state index contributed by atoms with van der Waals surface area (Å²) < 4.78 is 0. The van der Waals surface area contributed by atoms with Crippen molar-refractivity contribution in [3.8, 4) is 0 Å². The van der Waals surface area contributed by atoms with Crippen LogP contribution in [0.2, 0.25) is 0 Å². The van der Waals surface area contributed by atoms with Crippen molar-refractivity contribution < 1.29 is 5.11 Å². The molecule has 0 aliphatic rings. The number of hydrogen-bond acceptors (Lipinski definition) is 3. The van der Waals surface area contributed by atoms with Crippen LogP contribution in [0.5, 0.6) is 0 Å². The van der Waals surface area contributed by atoms with Crippen molar-refractivity contribution in [2.24, 2.45) is 0 Å². The van der Waals surface area contributed by atoms with E-state index in [1.807, 2.05) is 6.92 Å². The average Bonchev–Trinajstić information content (AvgIpc) is 1.88. The Morgan fingerprint density at radius 2 is 2.00 bits per heavy atom. The molecule has 0 aliphatic carbocycles. The maximum Gasteiger partial charge on any atom is 0.0555 e. The van der Waals surface area contributed by atoms with Crippen LogP contribution in [-0.4, -0.2) is 31.1 Å². The summed E-state index contributed by atoms with van der Waals surface area (Å²) in [5, 5.41) is 11.1. The number of nitrogens with one attached hydrogen (secondary N) is 1. The molecule has 2 nitrogen and oxygen atoms in total. The molecule has 0 aliphatic heterocycles. The van der Waals surface area contributed by atoms with E-state index in [-0.39, 0.29) is 6.61 Å². The van der Waals surface area contributed by atoms with Crippen LogP contribution in [0.25, 0.3) is 0 Å². The minimum Gasteiger partial charge on any atom is -0.395 e. The van der Waals surface area contributed by atoms with Crippen LogP contribution in [0.4, 0.5) is 0 Å². The Balaban J connectivity index is 0. The van der Waals surface area contributed by atoms with Crippen LogP contribution in [-0.2, 0) is 0 Å². The molecule has 0 atom stereocenters. The van der Waals surface area contributed by atoms with Gasteiger partial charge in [0.05, 0.1) is 6.61 Å². The summed E-state index contributed by atoms with van der Waals surface area (Å²) in [6.45, 7) is 3.92. The molecule has 0 aromatic rings. The Morgan fingerprint density at radius 1 is 1.50 bits per heavy atom. The highest BCUT2D eigenvalue weighted by atomic mass is 32.1. The van der Waals surface area contributed by atoms with E-state index < -0.39 is 0 Å². The van der Waals surface area contributed by atoms with E-state index in [1.54, 1.807) is 6.26 Å². The van der Waals surface area contributed by atoms with Crippen molar-refractivity contribution >= 4 is 12.6 Å². The maximum absolute atomic E-state index is 8.13. The van der Waals surface area contributed by atoms with Crippen molar-refractivity contribution in [1.29, 1.82) is 0 Å². The maximum atomic E-state index is 8.13. The smallest absolute Gasteiger partial charge is 0.0555 e. The Bertz CT molecular complexity index is 24.4. The summed E-state index contributed by atoms with van der Waals surface area (Å²) in [5.41, 5.74) is 0. The second-order valence-electron chi connectivity index (χ2n) is 1.08. The second kappa shape index (κ2) is 15.7. The zero-order chi connectivity index (χ0) is 6.83. The normalized spacial score (nSPS) is 7.50. The molecule has 0 bridgehead atoms. The van der Waals surface area contributed by atoms with Crippen LogP contribution in [0, 0.1) is 0 Å². The van der Waals surface area contributed by atoms with E-state index >= 15 is 0 Å². The molecule has 2 N–H and O–H groups in total. The Kier molecular flexibility index (Phi) is 21.8. The van der Waals surface area contributed by atoms with Gasteiger partial charge >= 0.3 is 0 Å². The summed E-state index contributed by atoms with van der Waals surface area (Å²) in [7, 11) is 0. The van der Waals surface area contributed by atoms with Crippen LogP contribution < -0.4 is 5.32 Å². The van der Waals surface area contributed by atoms with Gasteiger partial charge in [0.2, 0.25) is 0 Å². The van der Waals surface area contributed by atoms with Crippen molar-refractivity contribution in [2.75, 3.05) is 26.0 Å². The summed E-state index contributed by atoms with van der Waals surface area (Å²) in [5.74, 6) is 0. The van der Waals surface area contributed by atoms with E-state index in [0.717, 1.165) is 13.1 Å². The summed E-state index contributed by atoms with van der Waals surface area (Å²) >= 11 is 3.53. The van der Waals surface area contributed by atoms with Crippen LogP contribution >= 0.6 is 12.6 Å². The first-order chi connectivity index (χ1) is 3.91. The number of likely N-dealkylation sites (N-methyl/N-ethyl adjacent to an activating group) is 1. The topological polar surface area (TPSA) is 32.3 Å². The molecule has 0 radical (unpaired) electrons. The van der Waals surface area contributed by atoms with E-state index in [4.69, 9.17) is 5.11 Å². The summed E-state index contributed by atoms with van der Waals surface area (Å²) in [6.07, 6.45) is 1.69. The van der Waals surface area contributed by atoms with Gasteiger partial charge in [-0.05, 0) is 12.8 Å². The Labute approximate surface area is 56.7 Å². The quantitative estimate of drug-likeness (QED) is 0.382. The van der Waals surface area contributed by atoms with E-state index in [2.05, 4.69) is 17.9 Å². The minimum absolute atomic E-state index is 0.244. The summed E-state index contributed by atoms with van der Waals surface area (Å²) in [4.78, 5) is 0. The molecule has 0 fully saturated rings. The van der Waals surface area contributed by atoms with E-state index in [1.165, 1.54) is 0 Å². The number of hydrogen-bond donors (Lipinski definition) is 3. The fraction of sp³-hybridized carbons (Fsp3) is 1.00. The molecule has 3 heteroatoms. The van der Waals surface area contributed by atoms with Gasteiger partial charge in [-0.3, -0.25) is 0 Å². The number of aliphatic hydroxyl groups excluding tert-OH is 1. The molecule has 0 rings (SSSR count). The molecule has 0 heterocycles. The van der Waals surface area contributed by atoms with E-state index in [9.17, 15) is 0 Å². The average molecular weight is 137 g/mol. The highest BCUT2D eigenvalue weighted by Gasteiger charge is 1.72. The molecule has 0 saturated carbocycles. The molecule has 0 spiro atoms.